The van der Waals surface area contributed by atoms with Gasteiger partial charge in [0.2, 0.25) is 0 Å². The summed E-state index contributed by atoms with van der Waals surface area (Å²) in [5.74, 6) is -1.03. The first-order chi connectivity index (χ1) is 9.95. The lowest BCUT2D eigenvalue weighted by Gasteiger charge is -2.06. The Morgan fingerprint density at radius 3 is 2.62 bits per heavy atom. The largest absolute Gasteiger partial charge is 0.481 e. The summed E-state index contributed by atoms with van der Waals surface area (Å²) in [5.41, 5.74) is 1.53. The molecule has 0 aliphatic heterocycles. The number of hydrogen-bond acceptors (Lipinski definition) is 3. The second-order valence-corrected chi connectivity index (χ2v) is 7.50. The standard InChI is InChI=1S/C14H11Br2NO3S/c15-10-7-11(21-13(10)16)14(20)17-9-3-1-2-8(6-9)4-5-12(18)19/h1-3,6-7H,4-5H2,(H,17,20)(H,18,19). The number of halogens is 2. The van der Waals surface area contributed by atoms with Crippen LogP contribution in [0.2, 0.25) is 0 Å². The van der Waals surface area contributed by atoms with Gasteiger partial charge >= 0.3 is 5.97 Å². The number of carbonyl (C=O) groups is 2. The van der Waals surface area contributed by atoms with Crippen molar-refractivity contribution in [2.24, 2.45) is 0 Å². The van der Waals surface area contributed by atoms with Crippen molar-refractivity contribution in [3.05, 3.63) is 49.0 Å². The minimum Gasteiger partial charge on any atom is -0.481 e. The number of carboxylic acid groups (broad SMARTS) is 1. The first-order valence-corrected chi connectivity index (χ1v) is 8.43. The molecule has 0 aliphatic rings. The van der Waals surface area contributed by atoms with Crippen molar-refractivity contribution >= 4 is 60.8 Å². The maximum absolute atomic E-state index is 12.1. The normalized spacial score (nSPS) is 10.4. The Kier molecular flexibility index (Phi) is 5.55. The molecule has 0 bridgehead atoms. The van der Waals surface area contributed by atoms with E-state index in [-0.39, 0.29) is 12.3 Å². The molecule has 0 saturated carbocycles. The Labute approximate surface area is 142 Å². The highest BCUT2D eigenvalue weighted by Gasteiger charge is 2.12. The Hall–Kier alpha value is -1.18. The topological polar surface area (TPSA) is 66.4 Å². The molecular weight excluding hydrogens is 422 g/mol. The van der Waals surface area contributed by atoms with Crippen molar-refractivity contribution in [2.45, 2.75) is 12.8 Å². The first-order valence-electron chi connectivity index (χ1n) is 6.02. The molecule has 2 rings (SSSR count). The number of thiophene rings is 1. The van der Waals surface area contributed by atoms with Crippen LogP contribution in [0.25, 0.3) is 0 Å². The van der Waals surface area contributed by atoms with E-state index in [9.17, 15) is 9.59 Å². The molecule has 0 unspecified atom stereocenters. The first kappa shape index (κ1) is 16.2. The van der Waals surface area contributed by atoms with Crippen LogP contribution in [0.3, 0.4) is 0 Å². The number of benzene rings is 1. The third-order valence-electron chi connectivity index (χ3n) is 2.68. The monoisotopic (exact) mass is 431 g/mol. The average Bonchev–Trinajstić information content (AvgIpc) is 2.77. The maximum atomic E-state index is 12.1. The summed E-state index contributed by atoms with van der Waals surface area (Å²) >= 11 is 8.04. The van der Waals surface area contributed by atoms with Gasteiger partial charge in [-0.2, -0.15) is 0 Å². The van der Waals surface area contributed by atoms with Crippen molar-refractivity contribution in [1.29, 1.82) is 0 Å². The molecule has 4 nitrogen and oxygen atoms in total. The molecule has 21 heavy (non-hydrogen) atoms. The van der Waals surface area contributed by atoms with Crippen molar-refractivity contribution in [2.75, 3.05) is 5.32 Å². The fourth-order valence-electron chi connectivity index (χ4n) is 1.71. The molecule has 1 amide bonds. The Morgan fingerprint density at radius 2 is 2.00 bits per heavy atom. The molecule has 1 aromatic heterocycles. The van der Waals surface area contributed by atoms with Gasteiger partial charge in [-0.3, -0.25) is 9.59 Å². The van der Waals surface area contributed by atoms with Gasteiger partial charge in [0.25, 0.3) is 5.91 Å². The van der Waals surface area contributed by atoms with Gasteiger partial charge in [0.15, 0.2) is 0 Å². The maximum Gasteiger partial charge on any atom is 0.303 e. The molecule has 0 radical (unpaired) electrons. The van der Waals surface area contributed by atoms with Gasteiger partial charge in [-0.05, 0) is 62.0 Å². The molecule has 0 spiro atoms. The van der Waals surface area contributed by atoms with Gasteiger partial charge in [0.05, 0.1) is 8.66 Å². The molecule has 110 valence electrons. The van der Waals surface area contributed by atoms with Crippen LogP contribution in [0.15, 0.2) is 38.6 Å². The lowest BCUT2D eigenvalue weighted by Crippen LogP contribution is -2.10. The number of rotatable bonds is 5. The molecular formula is C14H11Br2NO3S. The summed E-state index contributed by atoms with van der Waals surface area (Å²) in [7, 11) is 0. The number of carboxylic acids is 1. The van der Waals surface area contributed by atoms with Crippen molar-refractivity contribution < 1.29 is 14.7 Å². The summed E-state index contributed by atoms with van der Waals surface area (Å²) in [6.45, 7) is 0. The summed E-state index contributed by atoms with van der Waals surface area (Å²) in [4.78, 5) is 23.3. The third kappa shape index (κ3) is 4.66. The van der Waals surface area contributed by atoms with E-state index < -0.39 is 5.97 Å². The molecule has 1 aromatic carbocycles. The molecule has 0 saturated heterocycles. The van der Waals surface area contributed by atoms with Gasteiger partial charge in [0.1, 0.15) is 0 Å². The second-order valence-electron chi connectivity index (χ2n) is 4.28. The van der Waals surface area contributed by atoms with Gasteiger partial charge in [-0.25, -0.2) is 0 Å². The van der Waals surface area contributed by atoms with E-state index in [0.29, 0.717) is 17.0 Å². The van der Waals surface area contributed by atoms with Crippen molar-refractivity contribution in [3.63, 3.8) is 0 Å². The quantitative estimate of drug-likeness (QED) is 0.728. The predicted molar refractivity (Wildman–Crippen MR) is 90.1 cm³/mol. The van der Waals surface area contributed by atoms with E-state index in [1.165, 1.54) is 11.3 Å². The van der Waals surface area contributed by atoms with Crippen LogP contribution >= 0.6 is 43.2 Å². The molecule has 1 heterocycles. The van der Waals surface area contributed by atoms with Gasteiger partial charge < -0.3 is 10.4 Å². The van der Waals surface area contributed by atoms with E-state index >= 15 is 0 Å². The Bertz CT molecular complexity index is 665. The number of amides is 1. The number of hydrogen-bond donors (Lipinski definition) is 2. The van der Waals surface area contributed by atoms with Gasteiger partial charge in [-0.15, -0.1) is 11.3 Å². The zero-order valence-corrected chi connectivity index (χ0v) is 14.7. The van der Waals surface area contributed by atoms with E-state index in [1.807, 2.05) is 6.07 Å². The number of nitrogens with one attached hydrogen (secondary N) is 1. The SMILES string of the molecule is O=C(O)CCc1cccc(NC(=O)c2cc(Br)c(Br)s2)c1. The highest BCUT2D eigenvalue weighted by molar-refractivity contribution is 9.13. The molecule has 0 atom stereocenters. The van der Waals surface area contributed by atoms with Crippen LogP contribution in [0.5, 0.6) is 0 Å². The summed E-state index contributed by atoms with van der Waals surface area (Å²) in [6.07, 6.45) is 0.511. The van der Waals surface area contributed by atoms with Crippen molar-refractivity contribution in [3.8, 4) is 0 Å². The van der Waals surface area contributed by atoms with E-state index in [0.717, 1.165) is 13.8 Å². The minimum absolute atomic E-state index is 0.0716. The minimum atomic E-state index is -0.835. The van der Waals surface area contributed by atoms with E-state index in [2.05, 4.69) is 37.2 Å². The van der Waals surface area contributed by atoms with Gasteiger partial charge in [-0.1, -0.05) is 12.1 Å². The van der Waals surface area contributed by atoms with Crippen LogP contribution < -0.4 is 5.32 Å². The van der Waals surface area contributed by atoms with Crippen LogP contribution in [0.4, 0.5) is 5.69 Å². The smallest absolute Gasteiger partial charge is 0.303 e. The fourth-order valence-corrected chi connectivity index (χ4v) is 3.64. The van der Waals surface area contributed by atoms with Crippen LogP contribution in [0, 0.1) is 0 Å². The molecule has 7 heteroatoms. The summed E-state index contributed by atoms with van der Waals surface area (Å²) in [5, 5.41) is 11.5. The number of anilines is 1. The highest BCUT2D eigenvalue weighted by atomic mass is 79.9. The molecule has 0 fully saturated rings. The highest BCUT2D eigenvalue weighted by Crippen LogP contribution is 2.32. The van der Waals surface area contributed by atoms with Gasteiger partial charge in [0, 0.05) is 16.6 Å². The lowest BCUT2D eigenvalue weighted by atomic mass is 10.1. The zero-order chi connectivity index (χ0) is 15.4. The third-order valence-corrected chi connectivity index (χ3v) is 5.94. The second kappa shape index (κ2) is 7.20. The summed E-state index contributed by atoms with van der Waals surface area (Å²) in [6, 6.07) is 8.96. The fraction of sp³-hybridized carbons (Fsp3) is 0.143. The molecule has 2 aromatic rings. The Morgan fingerprint density at radius 1 is 1.24 bits per heavy atom. The van der Waals surface area contributed by atoms with Crippen LogP contribution in [0.1, 0.15) is 21.7 Å². The average molecular weight is 433 g/mol. The molecule has 2 N–H and O–H groups in total. The number of carbonyl (C=O) groups excluding carboxylic acids is 1. The van der Waals surface area contributed by atoms with E-state index in [1.54, 1.807) is 24.3 Å². The zero-order valence-electron chi connectivity index (χ0n) is 10.7. The Balaban J connectivity index is 2.07. The van der Waals surface area contributed by atoms with Crippen molar-refractivity contribution in [1.82, 2.24) is 0 Å². The number of aliphatic carboxylic acids is 1. The van der Waals surface area contributed by atoms with Crippen LogP contribution in [-0.4, -0.2) is 17.0 Å². The molecule has 0 aliphatic carbocycles. The lowest BCUT2D eigenvalue weighted by molar-refractivity contribution is -0.136. The number of aryl methyl sites for hydroxylation is 1. The summed E-state index contributed by atoms with van der Waals surface area (Å²) < 4.78 is 1.70. The predicted octanol–water partition coefficient (Wildman–Crippen LogP) is 4.54. The van der Waals surface area contributed by atoms with Crippen LogP contribution in [-0.2, 0) is 11.2 Å². The van der Waals surface area contributed by atoms with E-state index in [4.69, 9.17) is 5.11 Å².